The summed E-state index contributed by atoms with van der Waals surface area (Å²) in [7, 11) is 1.24. The van der Waals surface area contributed by atoms with Gasteiger partial charge >= 0.3 is 11.9 Å². The Bertz CT molecular complexity index is 1100. The van der Waals surface area contributed by atoms with Crippen molar-refractivity contribution < 1.29 is 33.3 Å². The monoisotopic (exact) mass is 477 g/mol. The highest BCUT2D eigenvalue weighted by molar-refractivity contribution is 5.94. The Labute approximate surface area is 203 Å². The molecule has 0 aromatic heterocycles. The van der Waals surface area contributed by atoms with Gasteiger partial charge in [-0.25, -0.2) is 9.59 Å². The summed E-state index contributed by atoms with van der Waals surface area (Å²) in [5.74, 6) is -0.917. The standard InChI is InChI=1S/C27H27NO7/c1-32-27(31)23(18-20-10-4-2-5-11-20)28-25(29)19-35-26(30)22-14-8-9-15-24(22)34-17-16-33-21-12-6-3-7-13-21/h2-15,23H,16-19H2,1H3,(H,28,29). The van der Waals surface area contributed by atoms with E-state index in [0.29, 0.717) is 11.5 Å². The van der Waals surface area contributed by atoms with Crippen LogP contribution in [0.25, 0.3) is 0 Å². The second-order valence-electron chi connectivity index (χ2n) is 7.42. The first-order chi connectivity index (χ1) is 17.1. The number of amides is 1. The van der Waals surface area contributed by atoms with Crippen molar-refractivity contribution in [2.24, 2.45) is 0 Å². The van der Waals surface area contributed by atoms with Gasteiger partial charge in [0.05, 0.1) is 7.11 Å². The number of nitrogens with one attached hydrogen (secondary N) is 1. The Kier molecular flexibility index (Phi) is 9.68. The Balaban J connectivity index is 1.50. The third-order valence-corrected chi connectivity index (χ3v) is 4.90. The highest BCUT2D eigenvalue weighted by Gasteiger charge is 2.23. The van der Waals surface area contributed by atoms with Crippen LogP contribution < -0.4 is 14.8 Å². The lowest BCUT2D eigenvalue weighted by Gasteiger charge is -2.17. The summed E-state index contributed by atoms with van der Waals surface area (Å²) >= 11 is 0. The van der Waals surface area contributed by atoms with E-state index >= 15 is 0 Å². The maximum absolute atomic E-state index is 12.6. The van der Waals surface area contributed by atoms with E-state index in [9.17, 15) is 14.4 Å². The SMILES string of the molecule is COC(=O)C(Cc1ccccc1)NC(=O)COC(=O)c1ccccc1OCCOc1ccccc1. The molecule has 0 spiro atoms. The van der Waals surface area contributed by atoms with Crippen LogP contribution in [0.15, 0.2) is 84.9 Å². The molecule has 35 heavy (non-hydrogen) atoms. The number of hydrogen-bond donors (Lipinski definition) is 1. The van der Waals surface area contributed by atoms with Gasteiger partial charge in [0, 0.05) is 6.42 Å². The first-order valence-electron chi connectivity index (χ1n) is 11.0. The molecule has 182 valence electrons. The second-order valence-corrected chi connectivity index (χ2v) is 7.42. The number of esters is 2. The third kappa shape index (κ3) is 8.19. The third-order valence-electron chi connectivity index (χ3n) is 4.90. The zero-order valence-electron chi connectivity index (χ0n) is 19.3. The van der Waals surface area contributed by atoms with Crippen molar-refractivity contribution in [3.05, 3.63) is 96.1 Å². The molecule has 0 bridgehead atoms. The van der Waals surface area contributed by atoms with Crippen LogP contribution in [0.3, 0.4) is 0 Å². The van der Waals surface area contributed by atoms with Crippen molar-refractivity contribution in [2.75, 3.05) is 26.9 Å². The summed E-state index contributed by atoms with van der Waals surface area (Å²) in [4.78, 5) is 37.1. The van der Waals surface area contributed by atoms with Gasteiger partial charge in [-0.15, -0.1) is 0 Å². The molecule has 0 fully saturated rings. The van der Waals surface area contributed by atoms with Crippen molar-refractivity contribution in [2.45, 2.75) is 12.5 Å². The number of para-hydroxylation sites is 2. The van der Waals surface area contributed by atoms with Crippen LogP contribution in [0.2, 0.25) is 0 Å². The molecule has 8 nitrogen and oxygen atoms in total. The topological polar surface area (TPSA) is 100 Å². The molecule has 0 saturated heterocycles. The van der Waals surface area contributed by atoms with Crippen LogP contribution in [-0.2, 0) is 25.5 Å². The van der Waals surface area contributed by atoms with Crippen molar-refractivity contribution in [3.63, 3.8) is 0 Å². The van der Waals surface area contributed by atoms with Crippen LogP contribution in [-0.4, -0.2) is 50.8 Å². The molecule has 3 aromatic rings. The molecule has 0 aliphatic rings. The molecule has 1 amide bonds. The number of carbonyl (C=O) groups excluding carboxylic acids is 3. The summed E-state index contributed by atoms with van der Waals surface area (Å²) in [6, 6.07) is 24.1. The molecule has 0 radical (unpaired) electrons. The van der Waals surface area contributed by atoms with Crippen LogP contribution in [0.1, 0.15) is 15.9 Å². The molecule has 0 aliphatic carbocycles. The summed E-state index contributed by atoms with van der Waals surface area (Å²) in [6.07, 6.45) is 0.245. The lowest BCUT2D eigenvalue weighted by atomic mass is 10.1. The molecule has 3 rings (SSSR count). The molecule has 1 atom stereocenters. The number of hydrogen-bond acceptors (Lipinski definition) is 7. The number of methoxy groups -OCH3 is 1. The van der Waals surface area contributed by atoms with E-state index in [0.717, 1.165) is 5.56 Å². The van der Waals surface area contributed by atoms with Gasteiger partial charge in [-0.05, 0) is 29.8 Å². The van der Waals surface area contributed by atoms with Gasteiger partial charge in [0.25, 0.3) is 5.91 Å². The van der Waals surface area contributed by atoms with Crippen LogP contribution in [0, 0.1) is 0 Å². The van der Waals surface area contributed by atoms with Crippen molar-refractivity contribution in [1.29, 1.82) is 0 Å². The Morgan fingerprint density at radius 3 is 2.14 bits per heavy atom. The predicted molar refractivity (Wildman–Crippen MR) is 128 cm³/mol. The predicted octanol–water partition coefficient (Wildman–Crippen LogP) is 3.20. The summed E-state index contributed by atoms with van der Waals surface area (Å²) in [6.45, 7) is -0.0708. The molecular formula is C27H27NO7. The van der Waals surface area contributed by atoms with E-state index in [1.807, 2.05) is 60.7 Å². The quantitative estimate of drug-likeness (QED) is 0.316. The molecule has 8 heteroatoms. The van der Waals surface area contributed by atoms with Gasteiger partial charge in [-0.3, -0.25) is 4.79 Å². The van der Waals surface area contributed by atoms with Gasteiger partial charge < -0.3 is 24.3 Å². The fraction of sp³-hybridized carbons (Fsp3) is 0.222. The molecule has 1 N–H and O–H groups in total. The van der Waals surface area contributed by atoms with E-state index in [-0.39, 0.29) is 25.2 Å². The Morgan fingerprint density at radius 1 is 0.800 bits per heavy atom. The minimum atomic E-state index is -0.908. The zero-order valence-corrected chi connectivity index (χ0v) is 19.3. The number of rotatable bonds is 12. The molecular weight excluding hydrogens is 450 g/mol. The second kappa shape index (κ2) is 13.4. The maximum Gasteiger partial charge on any atom is 0.342 e. The van der Waals surface area contributed by atoms with Gasteiger partial charge in [0.15, 0.2) is 6.61 Å². The fourth-order valence-corrected chi connectivity index (χ4v) is 3.22. The lowest BCUT2D eigenvalue weighted by Crippen LogP contribution is -2.44. The minimum absolute atomic E-state index is 0.175. The molecule has 0 heterocycles. The zero-order chi connectivity index (χ0) is 24.9. The van der Waals surface area contributed by atoms with E-state index in [2.05, 4.69) is 5.32 Å². The number of benzene rings is 3. The molecule has 3 aromatic carbocycles. The van der Waals surface area contributed by atoms with E-state index in [1.165, 1.54) is 7.11 Å². The average Bonchev–Trinajstić information content (AvgIpc) is 2.90. The summed E-state index contributed by atoms with van der Waals surface area (Å²) in [5, 5.41) is 2.56. The average molecular weight is 478 g/mol. The van der Waals surface area contributed by atoms with Gasteiger partial charge in [0.1, 0.15) is 36.3 Å². The normalized spacial score (nSPS) is 11.1. The summed E-state index contributed by atoms with van der Waals surface area (Å²) in [5.41, 5.74) is 1.02. The smallest absolute Gasteiger partial charge is 0.342 e. The number of ether oxygens (including phenoxy) is 4. The van der Waals surface area contributed by atoms with Gasteiger partial charge in [-0.1, -0.05) is 60.7 Å². The van der Waals surface area contributed by atoms with Crippen molar-refractivity contribution in [3.8, 4) is 11.5 Å². The minimum Gasteiger partial charge on any atom is -0.490 e. The van der Waals surface area contributed by atoms with Gasteiger partial charge in [-0.2, -0.15) is 0 Å². The first-order valence-corrected chi connectivity index (χ1v) is 11.0. The van der Waals surface area contributed by atoms with E-state index in [4.69, 9.17) is 18.9 Å². The molecule has 1 unspecified atom stereocenters. The van der Waals surface area contributed by atoms with E-state index in [1.54, 1.807) is 24.3 Å². The summed E-state index contributed by atoms with van der Waals surface area (Å²) < 4.78 is 21.2. The maximum atomic E-state index is 12.6. The fourth-order valence-electron chi connectivity index (χ4n) is 3.22. The first kappa shape index (κ1) is 25.3. The number of carbonyl (C=O) groups is 3. The molecule has 0 aliphatic heterocycles. The van der Waals surface area contributed by atoms with Crippen LogP contribution in [0.5, 0.6) is 11.5 Å². The van der Waals surface area contributed by atoms with Crippen molar-refractivity contribution in [1.82, 2.24) is 5.32 Å². The largest absolute Gasteiger partial charge is 0.490 e. The van der Waals surface area contributed by atoms with Crippen molar-refractivity contribution >= 4 is 17.8 Å². The van der Waals surface area contributed by atoms with E-state index < -0.39 is 30.5 Å². The Morgan fingerprint density at radius 2 is 1.43 bits per heavy atom. The highest BCUT2D eigenvalue weighted by Crippen LogP contribution is 2.19. The molecule has 0 saturated carbocycles. The lowest BCUT2D eigenvalue weighted by molar-refractivity contribution is -0.145. The van der Waals surface area contributed by atoms with Crippen LogP contribution >= 0.6 is 0 Å². The highest BCUT2D eigenvalue weighted by atomic mass is 16.5. The Hall–Kier alpha value is -4.33. The van der Waals surface area contributed by atoms with Gasteiger partial charge in [0.2, 0.25) is 0 Å². The van der Waals surface area contributed by atoms with Crippen LogP contribution in [0.4, 0.5) is 0 Å².